The van der Waals surface area contributed by atoms with E-state index in [1.807, 2.05) is 62.6 Å². The Labute approximate surface area is 289 Å². The molecular weight excluding hydrogens is 592 g/mol. The van der Waals surface area contributed by atoms with Crippen LogP contribution in [0.15, 0.2) is 114 Å². The molecule has 1 heterocycles. The van der Waals surface area contributed by atoms with Gasteiger partial charge in [0.25, 0.3) is 0 Å². The van der Waals surface area contributed by atoms with Gasteiger partial charge in [-0.05, 0) is 79.1 Å². The topological polar surface area (TPSA) is 49.3 Å². The molecule has 1 unspecified atom stereocenters. The molecule has 1 aliphatic heterocycles. The summed E-state index contributed by atoms with van der Waals surface area (Å²) in [5.74, 6) is 3.81. The zero-order valence-electron chi connectivity index (χ0n) is 29.9. The molecule has 1 N–H and O–H groups in total. The first-order valence-corrected chi connectivity index (χ1v) is 17.4. The summed E-state index contributed by atoms with van der Waals surface area (Å²) in [5.41, 5.74) is 6.21. The van der Waals surface area contributed by atoms with Crippen molar-refractivity contribution in [2.45, 2.75) is 65.5 Å². The maximum Gasteiger partial charge on any atom is 0.134 e. The second-order valence-electron chi connectivity index (χ2n) is 13.2. The van der Waals surface area contributed by atoms with Crippen LogP contribution in [0, 0.1) is 11.8 Å². The molecule has 0 saturated heterocycles. The lowest BCUT2D eigenvalue weighted by Gasteiger charge is -2.33. The summed E-state index contributed by atoms with van der Waals surface area (Å²) >= 11 is 0. The predicted octanol–water partition coefficient (Wildman–Crippen LogP) is 8.81. The molecule has 6 rings (SSSR count). The largest absolute Gasteiger partial charge is 0.489 e. The van der Waals surface area contributed by atoms with Crippen molar-refractivity contribution in [3.05, 3.63) is 131 Å². The first-order valence-electron chi connectivity index (χ1n) is 17.4. The third-order valence-electron chi connectivity index (χ3n) is 9.04. The number of rotatable bonds is 9. The number of hydrogen-bond acceptors (Lipinski definition) is 6. The highest BCUT2D eigenvalue weighted by atomic mass is 16.5. The lowest BCUT2D eigenvalue weighted by Crippen LogP contribution is -2.37. The van der Waals surface area contributed by atoms with Crippen LogP contribution in [0.2, 0.25) is 0 Å². The second-order valence-corrected chi connectivity index (χ2v) is 13.2. The highest BCUT2D eigenvalue weighted by Gasteiger charge is 2.22. The minimum Gasteiger partial charge on any atom is -0.489 e. The molecule has 4 aromatic carbocycles. The van der Waals surface area contributed by atoms with E-state index in [4.69, 9.17) is 9.47 Å². The zero-order valence-corrected chi connectivity index (χ0v) is 29.9. The number of ether oxygens (including phenoxy) is 2. The van der Waals surface area contributed by atoms with Crippen molar-refractivity contribution in [3.8, 4) is 5.75 Å². The smallest absolute Gasteiger partial charge is 0.134 e. The van der Waals surface area contributed by atoms with Gasteiger partial charge in [0.15, 0.2) is 0 Å². The fourth-order valence-corrected chi connectivity index (χ4v) is 6.00. The Bertz CT molecular complexity index is 1480. The Hall–Kier alpha value is -4.13. The second kappa shape index (κ2) is 19.6. The number of para-hydroxylation sites is 1. The van der Waals surface area contributed by atoms with Gasteiger partial charge in [-0.2, -0.15) is 0 Å². The van der Waals surface area contributed by atoms with Gasteiger partial charge in [0.1, 0.15) is 24.4 Å². The molecule has 6 nitrogen and oxygen atoms in total. The normalized spacial score (nSPS) is 18.2. The summed E-state index contributed by atoms with van der Waals surface area (Å²) in [6, 6.07) is 37.3. The van der Waals surface area contributed by atoms with E-state index in [1.54, 1.807) is 7.11 Å². The van der Waals surface area contributed by atoms with Gasteiger partial charge in [0, 0.05) is 46.0 Å². The molecule has 0 bridgehead atoms. The summed E-state index contributed by atoms with van der Waals surface area (Å²) in [6.07, 6.45) is 5.79. The lowest BCUT2D eigenvalue weighted by molar-refractivity contribution is 0.185. The number of nitrogens with one attached hydrogen (secondary N) is 1. The van der Waals surface area contributed by atoms with Crippen molar-refractivity contribution >= 4 is 11.5 Å². The Kier molecular flexibility index (Phi) is 15.0. The summed E-state index contributed by atoms with van der Waals surface area (Å²) in [6.45, 7) is 7.92. The van der Waals surface area contributed by atoms with Crippen LogP contribution in [-0.4, -0.2) is 51.7 Å². The highest BCUT2D eigenvalue weighted by molar-refractivity contribution is 6.04. The fraction of sp³-hybridized carbons (Fsp3) is 0.405. The van der Waals surface area contributed by atoms with E-state index in [0.717, 1.165) is 36.5 Å². The van der Waals surface area contributed by atoms with E-state index in [2.05, 4.69) is 102 Å². The molecule has 1 saturated carbocycles. The average molecular weight is 649 g/mol. The Morgan fingerprint density at radius 2 is 1.31 bits per heavy atom. The molecule has 6 heteroatoms. The van der Waals surface area contributed by atoms with Gasteiger partial charge in [-0.1, -0.05) is 105 Å². The third-order valence-corrected chi connectivity index (χ3v) is 9.04. The minimum atomic E-state index is 0.206. The van der Waals surface area contributed by atoms with E-state index in [-0.39, 0.29) is 6.17 Å². The molecule has 1 aliphatic carbocycles. The Morgan fingerprint density at radius 3 is 1.92 bits per heavy atom. The SMILES string of the molecule is CC1CCC(CNCc2ccc(OCc3ccccc3)cc2)CC1.CC1N=C(N(C)C)c2ccccc2N1C.COCc1ccccc1. The van der Waals surface area contributed by atoms with E-state index < -0.39 is 0 Å². The van der Waals surface area contributed by atoms with Crippen LogP contribution in [0.4, 0.5) is 5.69 Å². The lowest BCUT2D eigenvalue weighted by atomic mass is 9.83. The molecule has 48 heavy (non-hydrogen) atoms. The molecule has 1 atom stereocenters. The highest BCUT2D eigenvalue weighted by Crippen LogP contribution is 2.28. The number of benzene rings is 4. The summed E-state index contributed by atoms with van der Waals surface area (Å²) in [5, 5.41) is 3.62. The van der Waals surface area contributed by atoms with Crippen LogP contribution in [0.3, 0.4) is 0 Å². The molecule has 0 aromatic heterocycles. The third kappa shape index (κ3) is 11.8. The standard InChI is InChI=1S/C22H29NO.C12H17N3.C8H10O/c1-18-7-9-19(10-8-18)15-23-16-20-11-13-22(14-12-20)24-17-21-5-3-2-4-6-21;1-9-13-12(14(2)3)10-7-5-6-8-11(10)15(9)4;1-9-7-8-5-3-2-4-6-8/h2-6,11-14,18-19,23H,7-10,15-17H2,1H3;5-9H,1-4H3;2-6H,7H2,1H3. The van der Waals surface area contributed by atoms with Crippen molar-refractivity contribution in [2.24, 2.45) is 16.8 Å². The number of nitrogens with zero attached hydrogens (tertiary/aromatic N) is 3. The van der Waals surface area contributed by atoms with E-state index >= 15 is 0 Å². The number of amidine groups is 1. The number of hydrogen-bond donors (Lipinski definition) is 1. The monoisotopic (exact) mass is 648 g/mol. The quantitative estimate of drug-likeness (QED) is 0.197. The van der Waals surface area contributed by atoms with Crippen LogP contribution in [0.5, 0.6) is 5.75 Å². The first kappa shape index (κ1) is 36.7. The van der Waals surface area contributed by atoms with Gasteiger partial charge in [-0.3, -0.25) is 0 Å². The molecule has 1 fully saturated rings. The molecule has 4 aromatic rings. The number of aliphatic imine (C=N–C) groups is 1. The van der Waals surface area contributed by atoms with Gasteiger partial charge in [0.05, 0.1) is 6.61 Å². The van der Waals surface area contributed by atoms with E-state index in [9.17, 15) is 0 Å². The van der Waals surface area contributed by atoms with E-state index in [0.29, 0.717) is 13.2 Å². The fourth-order valence-electron chi connectivity index (χ4n) is 6.00. The first-order chi connectivity index (χ1) is 23.3. The number of methoxy groups -OCH3 is 1. The zero-order chi connectivity index (χ0) is 34.1. The maximum absolute atomic E-state index is 5.84. The molecule has 0 amide bonds. The van der Waals surface area contributed by atoms with Crippen LogP contribution >= 0.6 is 0 Å². The molecule has 2 aliphatic rings. The average Bonchev–Trinajstić information content (AvgIpc) is 3.12. The number of fused-ring (bicyclic) bond motifs is 1. The van der Waals surface area contributed by atoms with Crippen molar-refractivity contribution in [1.82, 2.24) is 10.2 Å². The molecular formula is C42H56N4O2. The minimum absolute atomic E-state index is 0.206. The Morgan fingerprint density at radius 1 is 0.729 bits per heavy atom. The van der Waals surface area contributed by atoms with Crippen LogP contribution in [-0.2, 0) is 24.5 Å². The van der Waals surface area contributed by atoms with Gasteiger partial charge in [-0.15, -0.1) is 0 Å². The number of anilines is 1. The summed E-state index contributed by atoms with van der Waals surface area (Å²) in [4.78, 5) is 8.94. The summed E-state index contributed by atoms with van der Waals surface area (Å²) < 4.78 is 10.8. The van der Waals surface area contributed by atoms with Gasteiger partial charge >= 0.3 is 0 Å². The molecule has 256 valence electrons. The van der Waals surface area contributed by atoms with Gasteiger partial charge < -0.3 is 24.6 Å². The van der Waals surface area contributed by atoms with Crippen molar-refractivity contribution in [1.29, 1.82) is 0 Å². The Balaban J connectivity index is 0.000000183. The summed E-state index contributed by atoms with van der Waals surface area (Å²) in [7, 11) is 7.85. The van der Waals surface area contributed by atoms with Gasteiger partial charge in [0.2, 0.25) is 0 Å². The van der Waals surface area contributed by atoms with Crippen LogP contribution in [0.25, 0.3) is 0 Å². The maximum atomic E-state index is 5.84. The van der Waals surface area contributed by atoms with Crippen molar-refractivity contribution in [2.75, 3.05) is 39.7 Å². The van der Waals surface area contributed by atoms with Crippen LogP contribution in [0.1, 0.15) is 61.8 Å². The van der Waals surface area contributed by atoms with Crippen molar-refractivity contribution < 1.29 is 9.47 Å². The molecule has 0 radical (unpaired) electrons. The predicted molar refractivity (Wildman–Crippen MR) is 202 cm³/mol. The van der Waals surface area contributed by atoms with Crippen LogP contribution < -0.4 is 15.0 Å². The van der Waals surface area contributed by atoms with E-state index in [1.165, 1.54) is 53.6 Å². The molecule has 0 spiro atoms. The van der Waals surface area contributed by atoms with Crippen molar-refractivity contribution in [3.63, 3.8) is 0 Å². The van der Waals surface area contributed by atoms with Gasteiger partial charge in [-0.25, -0.2) is 4.99 Å².